The Hall–Kier alpha value is -3.17. The highest BCUT2D eigenvalue weighted by atomic mass is 19.4. The van der Waals surface area contributed by atoms with Crippen molar-refractivity contribution >= 4 is 17.7 Å². The molecule has 132 valence electrons. The third kappa shape index (κ3) is 4.66. The van der Waals surface area contributed by atoms with Crippen LogP contribution in [-0.2, 0) is 10.9 Å². The van der Waals surface area contributed by atoms with Gasteiger partial charge in [-0.1, -0.05) is 0 Å². The number of hydrazine groups is 1. The molecule has 2 aromatic rings. The number of hydrogen-bond donors (Lipinski definition) is 2. The van der Waals surface area contributed by atoms with Crippen LogP contribution in [0.2, 0.25) is 0 Å². The molecular weight excluding hydrogens is 341 g/mol. The summed E-state index contributed by atoms with van der Waals surface area (Å²) in [6.45, 7) is 1.58. The zero-order valence-electron chi connectivity index (χ0n) is 12.9. The van der Waals surface area contributed by atoms with Gasteiger partial charge in [0.1, 0.15) is 11.3 Å². The maximum atomic E-state index is 12.8. The number of ether oxygens (including phenoxy) is 1. The zero-order valence-corrected chi connectivity index (χ0v) is 12.9. The molecule has 0 aromatic carbocycles. The molecule has 0 aliphatic rings. The Kier molecular flexibility index (Phi) is 5.52. The van der Waals surface area contributed by atoms with Crippen LogP contribution in [0, 0.1) is 0 Å². The Bertz CT molecular complexity index is 766. The van der Waals surface area contributed by atoms with E-state index in [1.165, 1.54) is 24.5 Å². The number of carbonyl (C=O) groups is 2. The fraction of sp³-hybridized carbons (Fsp3) is 0.200. The third-order valence-corrected chi connectivity index (χ3v) is 2.92. The SMILES string of the molecule is CCOC(=O)c1ccc(C(F)(F)F)nc1NNC(=O)c1ccncc1. The van der Waals surface area contributed by atoms with E-state index in [-0.39, 0.29) is 17.7 Å². The largest absolute Gasteiger partial charge is 0.462 e. The summed E-state index contributed by atoms with van der Waals surface area (Å²) in [5, 5.41) is 0. The molecule has 0 radical (unpaired) electrons. The van der Waals surface area contributed by atoms with Crippen LogP contribution in [-0.4, -0.2) is 28.5 Å². The molecule has 0 saturated heterocycles. The number of carbonyl (C=O) groups excluding carboxylic acids is 2. The van der Waals surface area contributed by atoms with Crippen molar-refractivity contribution in [3.8, 4) is 0 Å². The van der Waals surface area contributed by atoms with Gasteiger partial charge in [-0.2, -0.15) is 13.2 Å². The fourth-order valence-electron chi connectivity index (χ4n) is 1.78. The van der Waals surface area contributed by atoms with Crippen molar-refractivity contribution in [3.63, 3.8) is 0 Å². The Morgan fingerprint density at radius 2 is 1.84 bits per heavy atom. The quantitative estimate of drug-likeness (QED) is 0.633. The lowest BCUT2D eigenvalue weighted by molar-refractivity contribution is -0.141. The van der Waals surface area contributed by atoms with Gasteiger partial charge in [0.25, 0.3) is 5.91 Å². The van der Waals surface area contributed by atoms with E-state index >= 15 is 0 Å². The number of aromatic nitrogens is 2. The molecule has 0 fully saturated rings. The highest BCUT2D eigenvalue weighted by Crippen LogP contribution is 2.29. The second-order valence-electron chi connectivity index (χ2n) is 4.63. The van der Waals surface area contributed by atoms with Crippen LogP contribution >= 0.6 is 0 Å². The minimum atomic E-state index is -4.71. The van der Waals surface area contributed by atoms with Gasteiger partial charge >= 0.3 is 12.1 Å². The molecule has 0 saturated carbocycles. The smallest absolute Gasteiger partial charge is 0.433 e. The molecule has 2 aromatic heterocycles. The number of alkyl halides is 3. The van der Waals surface area contributed by atoms with Gasteiger partial charge in [0.15, 0.2) is 5.82 Å². The lowest BCUT2D eigenvalue weighted by Gasteiger charge is -2.14. The van der Waals surface area contributed by atoms with Gasteiger partial charge in [-0.05, 0) is 31.2 Å². The van der Waals surface area contributed by atoms with Gasteiger partial charge in [-0.25, -0.2) is 9.78 Å². The minimum absolute atomic E-state index is 0.0304. The van der Waals surface area contributed by atoms with Gasteiger partial charge < -0.3 is 4.74 Å². The normalized spacial score (nSPS) is 10.9. The summed E-state index contributed by atoms with van der Waals surface area (Å²) in [6, 6.07) is 4.39. The number of halogens is 3. The Labute approximate surface area is 140 Å². The summed E-state index contributed by atoms with van der Waals surface area (Å²) in [6.07, 6.45) is -1.96. The molecule has 10 heteroatoms. The summed E-state index contributed by atoms with van der Waals surface area (Å²) >= 11 is 0. The molecule has 2 N–H and O–H groups in total. The van der Waals surface area contributed by atoms with E-state index in [0.717, 1.165) is 6.07 Å². The van der Waals surface area contributed by atoms with E-state index in [1.807, 2.05) is 0 Å². The standard InChI is InChI=1S/C15H13F3N4O3/c1-2-25-14(24)10-3-4-11(15(16,17)18)20-12(10)21-22-13(23)9-5-7-19-8-6-9/h3-8H,2H2,1H3,(H,20,21)(H,22,23). The highest BCUT2D eigenvalue weighted by molar-refractivity contribution is 5.97. The van der Waals surface area contributed by atoms with Gasteiger partial charge in [-0.3, -0.25) is 20.6 Å². The summed E-state index contributed by atoms with van der Waals surface area (Å²) in [4.78, 5) is 30.9. The van der Waals surface area contributed by atoms with Crippen molar-refractivity contribution in [2.24, 2.45) is 0 Å². The predicted octanol–water partition coefficient (Wildman–Crippen LogP) is 2.43. The lowest BCUT2D eigenvalue weighted by Crippen LogP contribution is -2.31. The Morgan fingerprint density at radius 3 is 2.44 bits per heavy atom. The topological polar surface area (TPSA) is 93.2 Å². The first-order chi connectivity index (χ1) is 11.8. The third-order valence-electron chi connectivity index (χ3n) is 2.92. The molecule has 0 unspecified atom stereocenters. The molecule has 25 heavy (non-hydrogen) atoms. The second-order valence-corrected chi connectivity index (χ2v) is 4.63. The van der Waals surface area contributed by atoms with Crippen LogP contribution in [0.4, 0.5) is 19.0 Å². The number of anilines is 1. The van der Waals surface area contributed by atoms with E-state index in [9.17, 15) is 22.8 Å². The number of nitrogens with zero attached hydrogens (tertiary/aromatic N) is 2. The van der Waals surface area contributed by atoms with Crippen molar-refractivity contribution in [1.82, 2.24) is 15.4 Å². The fourth-order valence-corrected chi connectivity index (χ4v) is 1.78. The van der Waals surface area contributed by atoms with E-state index < -0.39 is 29.6 Å². The van der Waals surface area contributed by atoms with Gasteiger partial charge in [0, 0.05) is 18.0 Å². The molecule has 0 aliphatic heterocycles. The summed E-state index contributed by atoms with van der Waals surface area (Å²) in [7, 11) is 0. The molecule has 0 aliphatic carbocycles. The van der Waals surface area contributed by atoms with Gasteiger partial charge in [0.05, 0.1) is 6.61 Å². The van der Waals surface area contributed by atoms with Crippen LogP contribution in [0.15, 0.2) is 36.7 Å². The number of pyridine rings is 2. The molecule has 7 nitrogen and oxygen atoms in total. The van der Waals surface area contributed by atoms with E-state index in [2.05, 4.69) is 20.8 Å². The van der Waals surface area contributed by atoms with Crippen LogP contribution < -0.4 is 10.9 Å². The number of nitrogens with one attached hydrogen (secondary N) is 2. The second kappa shape index (κ2) is 7.60. The summed E-state index contributed by atoms with van der Waals surface area (Å²) < 4.78 is 43.2. The average Bonchev–Trinajstić information content (AvgIpc) is 2.59. The molecule has 2 heterocycles. The first-order valence-electron chi connectivity index (χ1n) is 7.04. The maximum Gasteiger partial charge on any atom is 0.433 e. The number of amides is 1. The summed E-state index contributed by atoms with van der Waals surface area (Å²) in [5.74, 6) is -1.99. The molecule has 0 bridgehead atoms. The first-order valence-corrected chi connectivity index (χ1v) is 7.04. The van der Waals surface area contributed by atoms with E-state index in [1.54, 1.807) is 6.92 Å². The van der Waals surface area contributed by atoms with Crippen molar-refractivity contribution < 1.29 is 27.5 Å². The van der Waals surface area contributed by atoms with Crippen molar-refractivity contribution in [1.29, 1.82) is 0 Å². The van der Waals surface area contributed by atoms with E-state index in [0.29, 0.717) is 6.07 Å². The molecule has 1 amide bonds. The predicted molar refractivity (Wildman–Crippen MR) is 80.5 cm³/mol. The van der Waals surface area contributed by atoms with Crippen LogP contribution in [0.5, 0.6) is 0 Å². The van der Waals surface area contributed by atoms with Crippen LogP contribution in [0.3, 0.4) is 0 Å². The van der Waals surface area contributed by atoms with Crippen molar-refractivity contribution in [2.45, 2.75) is 13.1 Å². The average molecular weight is 354 g/mol. The zero-order chi connectivity index (χ0) is 18.4. The number of esters is 1. The maximum absolute atomic E-state index is 12.8. The molecule has 0 spiro atoms. The Morgan fingerprint density at radius 1 is 1.16 bits per heavy atom. The van der Waals surface area contributed by atoms with E-state index in [4.69, 9.17) is 4.74 Å². The monoisotopic (exact) mass is 354 g/mol. The van der Waals surface area contributed by atoms with Crippen molar-refractivity contribution in [2.75, 3.05) is 12.0 Å². The van der Waals surface area contributed by atoms with Crippen molar-refractivity contribution in [3.05, 3.63) is 53.5 Å². The highest BCUT2D eigenvalue weighted by Gasteiger charge is 2.33. The molecule has 2 rings (SSSR count). The number of hydrogen-bond acceptors (Lipinski definition) is 6. The van der Waals surface area contributed by atoms with Gasteiger partial charge in [0.2, 0.25) is 0 Å². The summed E-state index contributed by atoms with van der Waals surface area (Å²) in [5.41, 5.74) is 3.16. The van der Waals surface area contributed by atoms with Crippen LogP contribution in [0.25, 0.3) is 0 Å². The molecular formula is C15H13F3N4O3. The molecule has 0 atom stereocenters. The number of rotatable bonds is 5. The first kappa shape index (κ1) is 18.2. The van der Waals surface area contributed by atoms with Crippen LogP contribution in [0.1, 0.15) is 33.3 Å². The minimum Gasteiger partial charge on any atom is -0.462 e. The van der Waals surface area contributed by atoms with Gasteiger partial charge in [-0.15, -0.1) is 0 Å². The lowest BCUT2D eigenvalue weighted by atomic mass is 10.2. The Balaban J connectivity index is 2.26.